The molecule has 0 aliphatic heterocycles. The zero-order chi connectivity index (χ0) is 22.2. The lowest BCUT2D eigenvalue weighted by atomic mass is 9.96. The third-order valence-electron chi connectivity index (χ3n) is 5.48. The number of carbonyl (C=O) groups excluding carboxylic acids is 1. The Balaban J connectivity index is 1.68. The number of benzene rings is 4. The van der Waals surface area contributed by atoms with E-state index in [0.29, 0.717) is 11.4 Å². The number of nitrogens with one attached hydrogen (secondary N) is 1. The highest BCUT2D eigenvalue weighted by atomic mass is 16.5. The van der Waals surface area contributed by atoms with E-state index in [1.54, 1.807) is 7.11 Å². The Kier molecular flexibility index (Phi) is 6.95. The van der Waals surface area contributed by atoms with E-state index in [0.717, 1.165) is 16.7 Å². The second kappa shape index (κ2) is 10.4. The first kappa shape index (κ1) is 21.3. The number of amides is 1. The number of nitrogens with two attached hydrogens (primary N) is 1. The lowest BCUT2D eigenvalue weighted by Crippen LogP contribution is -2.88. The summed E-state index contributed by atoms with van der Waals surface area (Å²) in [6.07, 6.45) is 0. The maximum absolute atomic E-state index is 13.5. The fraction of sp³-hybridized carbons (Fsp3) is 0.107. The topological polar surface area (TPSA) is 54.9 Å². The van der Waals surface area contributed by atoms with E-state index in [-0.39, 0.29) is 11.9 Å². The zero-order valence-electron chi connectivity index (χ0n) is 18.0. The Hall–Kier alpha value is -3.89. The summed E-state index contributed by atoms with van der Waals surface area (Å²) in [5.41, 5.74) is 3.95. The second-order valence-corrected chi connectivity index (χ2v) is 7.60. The van der Waals surface area contributed by atoms with Gasteiger partial charge in [-0.15, -0.1) is 0 Å². The molecule has 1 amide bonds. The van der Waals surface area contributed by atoms with E-state index in [1.807, 2.05) is 91.0 Å². The minimum Gasteiger partial charge on any atom is -0.497 e. The van der Waals surface area contributed by atoms with Crippen LogP contribution >= 0.6 is 0 Å². The van der Waals surface area contributed by atoms with Crippen molar-refractivity contribution in [3.8, 4) is 5.75 Å². The van der Waals surface area contributed by atoms with Gasteiger partial charge >= 0.3 is 0 Å². The highest BCUT2D eigenvalue weighted by Gasteiger charge is 2.30. The fourth-order valence-electron chi connectivity index (χ4n) is 3.86. The molecule has 0 fully saturated rings. The van der Waals surface area contributed by atoms with Crippen molar-refractivity contribution in [1.29, 1.82) is 0 Å². The molecule has 4 aromatic rings. The van der Waals surface area contributed by atoms with E-state index in [9.17, 15) is 4.79 Å². The Morgan fingerprint density at radius 2 is 1.25 bits per heavy atom. The predicted octanol–water partition coefficient (Wildman–Crippen LogP) is 4.73. The van der Waals surface area contributed by atoms with Crippen LogP contribution in [-0.2, 0) is 4.79 Å². The summed E-state index contributed by atoms with van der Waals surface area (Å²) < 4.78 is 5.30. The van der Waals surface area contributed by atoms with Crippen LogP contribution in [-0.4, -0.2) is 13.0 Å². The first-order valence-corrected chi connectivity index (χ1v) is 10.7. The number of ether oxygens (including phenoxy) is 1. The van der Waals surface area contributed by atoms with Crippen molar-refractivity contribution in [1.82, 2.24) is 0 Å². The Morgan fingerprint density at radius 3 is 1.78 bits per heavy atom. The van der Waals surface area contributed by atoms with Gasteiger partial charge in [-0.2, -0.15) is 0 Å². The highest BCUT2D eigenvalue weighted by Crippen LogP contribution is 2.22. The molecule has 0 radical (unpaired) electrons. The highest BCUT2D eigenvalue weighted by molar-refractivity contribution is 5.94. The molecule has 160 valence electrons. The molecule has 4 rings (SSSR count). The second-order valence-electron chi connectivity index (χ2n) is 7.60. The van der Waals surface area contributed by atoms with Crippen molar-refractivity contribution in [2.24, 2.45) is 0 Å². The van der Waals surface area contributed by atoms with Crippen molar-refractivity contribution in [2.75, 3.05) is 12.4 Å². The number of quaternary nitrogens is 1. The Morgan fingerprint density at radius 1 is 0.719 bits per heavy atom. The molecule has 4 nitrogen and oxygen atoms in total. The van der Waals surface area contributed by atoms with Crippen LogP contribution < -0.4 is 15.4 Å². The molecule has 4 heteroatoms. The number of methoxy groups -OCH3 is 1. The molecule has 0 heterocycles. The van der Waals surface area contributed by atoms with Gasteiger partial charge in [-0.05, 0) is 12.1 Å². The van der Waals surface area contributed by atoms with Gasteiger partial charge in [0.05, 0.1) is 7.11 Å². The van der Waals surface area contributed by atoms with Crippen molar-refractivity contribution >= 4 is 11.6 Å². The Bertz CT molecular complexity index is 1090. The largest absolute Gasteiger partial charge is 0.497 e. The molecule has 3 N–H and O–H groups in total. The third-order valence-corrected chi connectivity index (χ3v) is 5.48. The molecule has 32 heavy (non-hydrogen) atoms. The molecule has 0 aromatic heterocycles. The van der Waals surface area contributed by atoms with E-state index < -0.39 is 6.04 Å². The van der Waals surface area contributed by atoms with Crippen LogP contribution in [0.2, 0.25) is 0 Å². The number of anilines is 1. The molecule has 4 aromatic carbocycles. The summed E-state index contributed by atoms with van der Waals surface area (Å²) in [6, 6.07) is 37.4. The standard InChI is InChI=1S/C28H26N2O2/c1-32-25-19-11-18-24(20-25)29-28(31)27(23-16-9-4-10-17-23)30-26(21-12-5-2-6-13-21)22-14-7-3-8-15-22/h2-20,26-27,30H,1H3,(H,29,31)/p+1/t27-/m0/s1. The molecule has 0 unspecified atom stereocenters. The number of rotatable bonds is 8. The van der Waals surface area contributed by atoms with Crippen molar-refractivity contribution < 1.29 is 14.8 Å². The van der Waals surface area contributed by atoms with E-state index in [4.69, 9.17) is 4.74 Å². The average molecular weight is 424 g/mol. The maximum atomic E-state index is 13.5. The van der Waals surface area contributed by atoms with Gasteiger partial charge in [0, 0.05) is 28.4 Å². The van der Waals surface area contributed by atoms with Gasteiger partial charge in [-0.25, -0.2) is 0 Å². The SMILES string of the molecule is COc1cccc(NC(=O)[C@@H]([NH2+]C(c2ccccc2)c2ccccc2)c2ccccc2)c1. The maximum Gasteiger partial charge on any atom is 0.287 e. The lowest BCUT2D eigenvalue weighted by molar-refractivity contribution is -0.713. The number of hydrogen-bond acceptors (Lipinski definition) is 2. The quantitative estimate of drug-likeness (QED) is 0.431. The predicted molar refractivity (Wildman–Crippen MR) is 127 cm³/mol. The summed E-state index contributed by atoms with van der Waals surface area (Å²) in [6.45, 7) is 0. The summed E-state index contributed by atoms with van der Waals surface area (Å²) in [5, 5.41) is 5.21. The van der Waals surface area contributed by atoms with Crippen LogP contribution in [0.3, 0.4) is 0 Å². The van der Waals surface area contributed by atoms with Gasteiger partial charge in [0.2, 0.25) is 0 Å². The fourth-order valence-corrected chi connectivity index (χ4v) is 3.86. The van der Waals surface area contributed by atoms with Gasteiger partial charge in [0.25, 0.3) is 5.91 Å². The van der Waals surface area contributed by atoms with Crippen LogP contribution in [0.15, 0.2) is 115 Å². The zero-order valence-corrected chi connectivity index (χ0v) is 18.0. The van der Waals surface area contributed by atoms with E-state index in [2.05, 4.69) is 34.9 Å². The molecule has 0 bridgehead atoms. The van der Waals surface area contributed by atoms with Crippen LogP contribution in [0.25, 0.3) is 0 Å². The third kappa shape index (κ3) is 5.23. The molecular weight excluding hydrogens is 396 g/mol. The van der Waals surface area contributed by atoms with E-state index >= 15 is 0 Å². The van der Waals surface area contributed by atoms with E-state index in [1.165, 1.54) is 0 Å². The summed E-state index contributed by atoms with van der Waals surface area (Å²) in [5.74, 6) is 0.621. The van der Waals surface area contributed by atoms with Gasteiger partial charge in [0.15, 0.2) is 6.04 Å². The first-order chi connectivity index (χ1) is 15.7. The Labute approximate surface area is 188 Å². The van der Waals surface area contributed by atoms with Gasteiger partial charge in [-0.1, -0.05) is 97.1 Å². The van der Waals surface area contributed by atoms with Crippen molar-refractivity contribution in [2.45, 2.75) is 12.1 Å². The van der Waals surface area contributed by atoms with Gasteiger partial charge in [0.1, 0.15) is 11.8 Å². The van der Waals surface area contributed by atoms with Gasteiger partial charge < -0.3 is 15.4 Å². The normalized spacial score (nSPS) is 11.7. The minimum absolute atomic E-state index is 0.0290. The average Bonchev–Trinajstić information content (AvgIpc) is 2.86. The smallest absolute Gasteiger partial charge is 0.287 e. The minimum atomic E-state index is -0.437. The first-order valence-electron chi connectivity index (χ1n) is 10.7. The summed E-state index contributed by atoms with van der Waals surface area (Å²) in [7, 11) is 1.62. The van der Waals surface area contributed by atoms with Crippen LogP contribution in [0.1, 0.15) is 28.8 Å². The molecule has 0 saturated heterocycles. The van der Waals surface area contributed by atoms with Crippen LogP contribution in [0.5, 0.6) is 5.75 Å². The van der Waals surface area contributed by atoms with Crippen LogP contribution in [0, 0.1) is 0 Å². The van der Waals surface area contributed by atoms with Crippen molar-refractivity contribution in [3.05, 3.63) is 132 Å². The molecular formula is C28H27N2O2+. The molecule has 1 atom stereocenters. The van der Waals surface area contributed by atoms with Crippen molar-refractivity contribution in [3.63, 3.8) is 0 Å². The number of carbonyl (C=O) groups is 1. The molecule has 0 aliphatic rings. The molecule has 0 saturated carbocycles. The summed E-state index contributed by atoms with van der Waals surface area (Å²) in [4.78, 5) is 13.5. The van der Waals surface area contributed by atoms with Crippen LogP contribution in [0.4, 0.5) is 5.69 Å². The molecule has 0 aliphatic carbocycles. The lowest BCUT2D eigenvalue weighted by Gasteiger charge is -2.23. The summed E-state index contributed by atoms with van der Waals surface area (Å²) >= 11 is 0. The number of hydrogen-bond donors (Lipinski definition) is 2. The molecule has 0 spiro atoms. The van der Waals surface area contributed by atoms with Gasteiger partial charge in [-0.3, -0.25) is 4.79 Å². The monoisotopic (exact) mass is 423 g/mol.